The van der Waals surface area contributed by atoms with Crippen LogP contribution in [0.4, 0.5) is 0 Å². The van der Waals surface area contributed by atoms with Crippen LogP contribution >= 0.6 is 0 Å². The van der Waals surface area contributed by atoms with E-state index >= 15 is 0 Å². The van der Waals surface area contributed by atoms with Crippen LogP contribution in [0.3, 0.4) is 0 Å². The van der Waals surface area contributed by atoms with Gasteiger partial charge in [0.25, 0.3) is 0 Å². The second-order valence-corrected chi connectivity index (χ2v) is 4.57. The molecule has 0 aromatic carbocycles. The molecule has 1 heterocycles. The van der Waals surface area contributed by atoms with Crippen molar-refractivity contribution < 1.29 is 4.79 Å². The Hall–Kier alpha value is -1.05. The summed E-state index contributed by atoms with van der Waals surface area (Å²) in [7, 11) is 0. The minimum Gasteiger partial charge on any atom is -0.338 e. The minimum absolute atomic E-state index is 0.342. The molecule has 0 N–H and O–H groups in total. The highest BCUT2D eigenvalue weighted by Crippen LogP contribution is 2.52. The van der Waals surface area contributed by atoms with Gasteiger partial charge in [-0.3, -0.25) is 4.79 Å². The van der Waals surface area contributed by atoms with Crippen LogP contribution in [0.1, 0.15) is 12.8 Å². The van der Waals surface area contributed by atoms with Gasteiger partial charge in [0, 0.05) is 6.54 Å². The van der Waals surface area contributed by atoms with Gasteiger partial charge < -0.3 is 4.90 Å². The molecule has 2 aliphatic carbocycles. The Bertz CT molecular complexity index is 320. The number of hydrogen-bond donors (Lipinski definition) is 0. The van der Waals surface area contributed by atoms with Crippen LogP contribution in [0, 0.1) is 17.8 Å². The Morgan fingerprint density at radius 1 is 1.50 bits per heavy atom. The molecule has 4 atom stereocenters. The molecule has 0 unspecified atom stereocenters. The van der Waals surface area contributed by atoms with Crippen LogP contribution in [-0.4, -0.2) is 23.4 Å². The van der Waals surface area contributed by atoms with Crippen molar-refractivity contribution in [3.63, 3.8) is 0 Å². The number of carbonyl (C=O) groups is 1. The summed E-state index contributed by atoms with van der Waals surface area (Å²) in [6.07, 6.45) is 8.58. The summed E-state index contributed by atoms with van der Waals surface area (Å²) in [6.45, 7) is 4.57. The normalized spacial score (nSPS) is 42.6. The molecule has 1 amide bonds. The predicted octanol–water partition coefficient (Wildman–Crippen LogP) is 1.60. The van der Waals surface area contributed by atoms with Crippen molar-refractivity contribution in [2.24, 2.45) is 17.8 Å². The lowest BCUT2D eigenvalue weighted by Gasteiger charge is -2.48. The van der Waals surface area contributed by atoms with Crippen LogP contribution in [0.15, 0.2) is 24.8 Å². The van der Waals surface area contributed by atoms with Gasteiger partial charge in [-0.1, -0.05) is 18.2 Å². The maximum Gasteiger partial charge on any atom is 0.228 e. The smallest absolute Gasteiger partial charge is 0.228 e. The SMILES string of the molecule is C=CCCN1C(=O)[C@@H]2[C@H]1[C@H]1C=C[C@@H]2C1. The molecule has 0 aromatic rings. The van der Waals surface area contributed by atoms with Crippen LogP contribution in [0.25, 0.3) is 0 Å². The second-order valence-electron chi connectivity index (χ2n) is 4.57. The average Bonchev–Trinajstić information content (AvgIpc) is 2.74. The lowest BCUT2D eigenvalue weighted by atomic mass is 9.79. The molecule has 2 bridgehead atoms. The first-order valence-corrected chi connectivity index (χ1v) is 5.42. The van der Waals surface area contributed by atoms with Crippen molar-refractivity contribution in [3.8, 4) is 0 Å². The van der Waals surface area contributed by atoms with Crippen LogP contribution in [0.5, 0.6) is 0 Å². The molecule has 0 spiro atoms. The molecule has 1 aliphatic heterocycles. The van der Waals surface area contributed by atoms with Gasteiger partial charge in [0.1, 0.15) is 0 Å². The van der Waals surface area contributed by atoms with Crippen LogP contribution in [0.2, 0.25) is 0 Å². The molecule has 2 fully saturated rings. The summed E-state index contributed by atoms with van der Waals surface area (Å²) in [5.41, 5.74) is 0. The first kappa shape index (κ1) is 8.27. The molecular formula is C12H15NO. The van der Waals surface area contributed by atoms with Gasteiger partial charge in [-0.25, -0.2) is 0 Å². The largest absolute Gasteiger partial charge is 0.338 e. The van der Waals surface area contributed by atoms with E-state index in [9.17, 15) is 4.79 Å². The number of hydrogen-bond acceptors (Lipinski definition) is 1. The molecule has 2 heteroatoms. The first-order valence-electron chi connectivity index (χ1n) is 5.42. The van der Waals surface area contributed by atoms with Crippen molar-refractivity contribution in [3.05, 3.63) is 24.8 Å². The van der Waals surface area contributed by atoms with E-state index in [4.69, 9.17) is 0 Å². The standard InChI is InChI=1S/C12H15NO/c1-2-3-6-13-11-9-5-4-8(7-9)10(11)12(13)14/h2,4-5,8-11H,1,3,6-7H2/t8-,9+,10+,11-/m1/s1. The number of rotatable bonds is 3. The van der Waals surface area contributed by atoms with E-state index in [-0.39, 0.29) is 0 Å². The molecule has 74 valence electrons. The maximum absolute atomic E-state index is 11.8. The number of allylic oxidation sites excluding steroid dienone is 1. The highest BCUT2D eigenvalue weighted by molar-refractivity contribution is 5.88. The first-order chi connectivity index (χ1) is 6.83. The Morgan fingerprint density at radius 3 is 3.07 bits per heavy atom. The fraction of sp³-hybridized carbons (Fsp3) is 0.583. The van der Waals surface area contributed by atoms with Gasteiger partial charge in [0.05, 0.1) is 12.0 Å². The molecular weight excluding hydrogens is 174 g/mol. The van der Waals surface area contributed by atoms with Crippen molar-refractivity contribution in [2.45, 2.75) is 18.9 Å². The van der Waals surface area contributed by atoms with E-state index in [1.165, 1.54) is 6.42 Å². The summed E-state index contributed by atoms with van der Waals surface area (Å²) in [6, 6.07) is 0.539. The highest BCUT2D eigenvalue weighted by atomic mass is 16.2. The molecule has 3 rings (SSSR count). The van der Waals surface area contributed by atoms with Crippen molar-refractivity contribution in [1.82, 2.24) is 4.90 Å². The lowest BCUT2D eigenvalue weighted by molar-refractivity contribution is -0.156. The Kier molecular flexibility index (Phi) is 1.61. The zero-order valence-corrected chi connectivity index (χ0v) is 8.23. The third-order valence-electron chi connectivity index (χ3n) is 3.92. The number of nitrogens with zero attached hydrogens (tertiary/aromatic N) is 1. The number of carbonyl (C=O) groups excluding carboxylic acids is 1. The highest BCUT2D eigenvalue weighted by Gasteiger charge is 2.59. The molecule has 0 radical (unpaired) electrons. The molecule has 1 saturated heterocycles. The quantitative estimate of drug-likeness (QED) is 0.488. The number of amides is 1. The average molecular weight is 189 g/mol. The predicted molar refractivity (Wildman–Crippen MR) is 54.5 cm³/mol. The van der Waals surface area contributed by atoms with Gasteiger partial charge >= 0.3 is 0 Å². The van der Waals surface area contributed by atoms with E-state index in [2.05, 4.69) is 23.6 Å². The minimum atomic E-state index is 0.342. The summed E-state index contributed by atoms with van der Waals surface area (Å²) in [5, 5.41) is 0. The van der Waals surface area contributed by atoms with E-state index < -0.39 is 0 Å². The zero-order valence-electron chi connectivity index (χ0n) is 8.23. The fourth-order valence-corrected chi connectivity index (χ4v) is 3.30. The van der Waals surface area contributed by atoms with E-state index in [1.807, 2.05) is 6.08 Å². The maximum atomic E-state index is 11.8. The lowest BCUT2D eigenvalue weighted by Crippen LogP contribution is -2.62. The molecule has 3 aliphatic rings. The van der Waals surface area contributed by atoms with Gasteiger partial charge in [-0.05, 0) is 24.7 Å². The topological polar surface area (TPSA) is 20.3 Å². The number of β-lactam (4-membered cyclic amide) rings is 1. The Morgan fingerprint density at radius 2 is 2.29 bits per heavy atom. The summed E-state index contributed by atoms with van der Waals surface area (Å²) in [4.78, 5) is 13.9. The monoisotopic (exact) mass is 189 g/mol. The zero-order chi connectivity index (χ0) is 9.71. The summed E-state index contributed by atoms with van der Waals surface area (Å²) >= 11 is 0. The van der Waals surface area contributed by atoms with Gasteiger partial charge in [0.2, 0.25) is 5.91 Å². The fourth-order valence-electron chi connectivity index (χ4n) is 3.30. The molecule has 14 heavy (non-hydrogen) atoms. The third kappa shape index (κ3) is 0.839. The van der Waals surface area contributed by atoms with Gasteiger partial charge in [0.15, 0.2) is 0 Å². The van der Waals surface area contributed by atoms with Crippen LogP contribution in [-0.2, 0) is 4.79 Å². The molecule has 2 nitrogen and oxygen atoms in total. The Labute approximate surface area is 84.3 Å². The number of fused-ring (bicyclic) bond motifs is 5. The van der Waals surface area contributed by atoms with E-state index in [1.54, 1.807) is 0 Å². The molecule has 1 saturated carbocycles. The third-order valence-corrected chi connectivity index (χ3v) is 3.92. The van der Waals surface area contributed by atoms with Crippen LogP contribution < -0.4 is 0 Å². The van der Waals surface area contributed by atoms with Crippen molar-refractivity contribution in [1.29, 1.82) is 0 Å². The number of likely N-dealkylation sites (tertiary alicyclic amines) is 1. The van der Waals surface area contributed by atoms with E-state index in [0.717, 1.165) is 13.0 Å². The summed E-state index contributed by atoms with van der Waals surface area (Å²) < 4.78 is 0. The van der Waals surface area contributed by atoms with Gasteiger partial charge in [-0.2, -0.15) is 0 Å². The summed E-state index contributed by atoms with van der Waals surface area (Å²) in [5.74, 6) is 1.95. The van der Waals surface area contributed by atoms with Gasteiger partial charge in [-0.15, -0.1) is 6.58 Å². The van der Waals surface area contributed by atoms with Crippen molar-refractivity contribution >= 4 is 5.91 Å². The second kappa shape index (κ2) is 2.72. The Balaban J connectivity index is 1.76. The van der Waals surface area contributed by atoms with E-state index in [0.29, 0.717) is 29.7 Å². The van der Waals surface area contributed by atoms with Crippen molar-refractivity contribution in [2.75, 3.05) is 6.54 Å². The molecule has 0 aromatic heterocycles.